The van der Waals surface area contributed by atoms with E-state index in [1.807, 2.05) is 24.4 Å². The monoisotopic (exact) mass is 625 g/mol. The lowest BCUT2D eigenvalue weighted by Gasteiger charge is -2.39. The molecule has 0 saturated heterocycles. The van der Waals surface area contributed by atoms with Crippen molar-refractivity contribution in [2.24, 2.45) is 0 Å². The normalized spacial score (nSPS) is 14.8. The van der Waals surface area contributed by atoms with Gasteiger partial charge in [0.2, 0.25) is 0 Å². The summed E-state index contributed by atoms with van der Waals surface area (Å²) in [6.45, 7) is 2.76. The molecule has 0 saturated carbocycles. The molecule has 7 aromatic rings. The van der Waals surface area contributed by atoms with Crippen LogP contribution in [0.3, 0.4) is 0 Å². The van der Waals surface area contributed by atoms with Gasteiger partial charge < -0.3 is 4.90 Å². The predicted octanol–water partition coefficient (Wildman–Crippen LogP) is 9.61. The average Bonchev–Trinajstić information content (AvgIpc) is 3.46. The van der Waals surface area contributed by atoms with Crippen LogP contribution in [0.1, 0.15) is 12.6 Å². The van der Waals surface area contributed by atoms with Crippen molar-refractivity contribution in [1.29, 1.82) is 0 Å². The van der Waals surface area contributed by atoms with E-state index in [9.17, 15) is 0 Å². The first-order valence-corrected chi connectivity index (χ1v) is 16.1. The van der Waals surface area contributed by atoms with E-state index < -0.39 is 0 Å². The van der Waals surface area contributed by atoms with Crippen LogP contribution in [0.5, 0.6) is 0 Å². The van der Waals surface area contributed by atoms with Crippen LogP contribution in [0.2, 0.25) is 0 Å². The van der Waals surface area contributed by atoms with Crippen LogP contribution in [-0.2, 0) is 6.54 Å². The molecule has 234 valence electrons. The van der Waals surface area contributed by atoms with Crippen molar-refractivity contribution in [3.8, 4) is 0 Å². The Balaban J connectivity index is 1.47. The highest BCUT2D eigenvalue weighted by Gasteiger charge is 2.28. The van der Waals surface area contributed by atoms with E-state index in [4.69, 9.17) is 9.97 Å². The van der Waals surface area contributed by atoms with Crippen molar-refractivity contribution < 1.29 is 0 Å². The fourth-order valence-electron chi connectivity index (χ4n) is 6.44. The smallest absolute Gasteiger partial charge is 0.117 e. The summed E-state index contributed by atoms with van der Waals surface area (Å²) in [5.74, 6) is 0. The Hall–Kier alpha value is -6.34. The Kier molecular flexibility index (Phi) is 7.55. The van der Waals surface area contributed by atoms with Crippen LogP contribution in [0, 0.1) is 0 Å². The van der Waals surface area contributed by atoms with Gasteiger partial charge in [0.1, 0.15) is 11.0 Å². The maximum Gasteiger partial charge on any atom is 0.117 e. The number of nitrogens with zero attached hydrogens (tertiary/aromatic N) is 7. The highest BCUT2D eigenvalue weighted by atomic mass is 15.6. The van der Waals surface area contributed by atoms with Crippen molar-refractivity contribution in [3.63, 3.8) is 0 Å². The Labute approximate surface area is 280 Å². The number of hydrogen-bond donors (Lipinski definition) is 0. The van der Waals surface area contributed by atoms with Crippen molar-refractivity contribution in [1.82, 2.24) is 19.5 Å². The molecule has 1 aliphatic heterocycles. The number of pyridine rings is 2. The molecule has 7 heteroatoms. The lowest BCUT2D eigenvalue weighted by Crippen LogP contribution is -2.39. The summed E-state index contributed by atoms with van der Waals surface area (Å²) in [7, 11) is 2.09. The zero-order valence-electron chi connectivity index (χ0n) is 26.9. The van der Waals surface area contributed by atoms with Gasteiger partial charge in [-0.3, -0.25) is 9.99 Å². The topological polar surface area (TPSA) is 43.7 Å². The molecule has 8 rings (SSSR count). The zero-order valence-corrected chi connectivity index (χ0v) is 26.9. The van der Waals surface area contributed by atoms with E-state index in [-0.39, 0.29) is 0 Å². The lowest BCUT2D eigenvalue weighted by atomic mass is 10.2. The van der Waals surface area contributed by atoms with Crippen LogP contribution in [0.25, 0.3) is 22.1 Å². The Morgan fingerprint density at radius 2 is 1.15 bits per heavy atom. The summed E-state index contributed by atoms with van der Waals surface area (Å²) in [6.07, 6.45) is 8.22. The molecule has 7 nitrogen and oxygen atoms in total. The number of hydrogen-bond acceptors (Lipinski definition) is 6. The molecule has 0 fully saturated rings. The molecule has 1 aliphatic rings. The number of hydrazine groups is 1. The number of benzene rings is 4. The molecular formula is C41H35N7. The number of rotatable bonds is 6. The first kappa shape index (κ1) is 29.1. The molecule has 0 atom stereocenters. The molecule has 4 heterocycles. The van der Waals surface area contributed by atoms with Crippen LogP contribution in [0.15, 0.2) is 170 Å². The predicted molar refractivity (Wildman–Crippen MR) is 197 cm³/mol. The fourth-order valence-corrected chi connectivity index (χ4v) is 6.44. The van der Waals surface area contributed by atoms with E-state index in [2.05, 4.69) is 178 Å². The zero-order chi connectivity index (χ0) is 32.5. The molecule has 0 amide bonds. The first-order chi connectivity index (χ1) is 23.7. The lowest BCUT2D eigenvalue weighted by molar-refractivity contribution is 0.445. The summed E-state index contributed by atoms with van der Waals surface area (Å²) in [5.41, 5.74) is 10.7. The maximum atomic E-state index is 5.50. The van der Waals surface area contributed by atoms with Gasteiger partial charge in [-0.1, -0.05) is 72.8 Å². The molecule has 0 N–H and O–H groups in total. The van der Waals surface area contributed by atoms with Gasteiger partial charge in [0.25, 0.3) is 0 Å². The molecular weight excluding hydrogens is 591 g/mol. The minimum Gasteiger partial charge on any atom is -0.374 e. The molecule has 0 radical (unpaired) electrons. The second kappa shape index (κ2) is 12.5. The van der Waals surface area contributed by atoms with Gasteiger partial charge in [0.15, 0.2) is 0 Å². The van der Waals surface area contributed by atoms with Gasteiger partial charge >= 0.3 is 0 Å². The average molecular weight is 626 g/mol. The molecule has 0 unspecified atom stereocenters. The number of para-hydroxylation sites is 4. The van der Waals surface area contributed by atoms with E-state index in [1.54, 1.807) is 0 Å². The minimum atomic E-state index is 0.609. The van der Waals surface area contributed by atoms with Gasteiger partial charge in [-0.25, -0.2) is 19.7 Å². The number of aromatic nitrogens is 3. The minimum absolute atomic E-state index is 0.609. The molecule has 48 heavy (non-hydrogen) atoms. The summed E-state index contributed by atoms with van der Waals surface area (Å²) >= 11 is 0. The van der Waals surface area contributed by atoms with Gasteiger partial charge in [-0.15, -0.1) is 0 Å². The number of fused-ring (bicyclic) bond motifs is 4. The molecule has 4 aromatic carbocycles. The fraction of sp³-hybridized carbons (Fsp3) is 0.0732. The van der Waals surface area contributed by atoms with E-state index >= 15 is 0 Å². The Morgan fingerprint density at radius 3 is 1.71 bits per heavy atom. The van der Waals surface area contributed by atoms with Gasteiger partial charge in [0.05, 0.1) is 51.7 Å². The SMILES string of the molecule is C/C1=C\C=C/N(C)Cc2nc3c4ncccc4n(N(c4ccccc4)c4ccccc4)c3cc2N1N(c1ccccc1)c1ccccc1. The van der Waals surface area contributed by atoms with Crippen LogP contribution < -0.4 is 15.0 Å². The second-order valence-corrected chi connectivity index (χ2v) is 11.8. The van der Waals surface area contributed by atoms with Crippen LogP contribution in [-0.4, -0.2) is 26.6 Å². The third-order valence-corrected chi connectivity index (χ3v) is 8.57. The van der Waals surface area contributed by atoms with Crippen molar-refractivity contribution in [2.45, 2.75) is 13.5 Å². The van der Waals surface area contributed by atoms with Gasteiger partial charge in [-0.05, 0) is 92.0 Å². The highest BCUT2D eigenvalue weighted by Crippen LogP contribution is 2.40. The first-order valence-electron chi connectivity index (χ1n) is 16.1. The standard InChI is InChI=1S/C41H35N7/c1-31-17-16-28-44(2)30-36-38(45(31)46(32-18-7-3-8-19-32)33-20-9-4-10-21-33)29-39-41(43-36)40-37(26-15-27-42-40)48(39)47(34-22-11-5-12-23-34)35-24-13-6-14-25-35/h3-29H,30H2,1-2H3/b28-16-,31-17+. The highest BCUT2D eigenvalue weighted by molar-refractivity contribution is 6.05. The summed E-state index contributed by atoms with van der Waals surface area (Å²) in [5, 5.41) is 6.82. The van der Waals surface area contributed by atoms with E-state index in [0.29, 0.717) is 6.54 Å². The summed E-state index contributed by atoms with van der Waals surface area (Å²) in [4.78, 5) is 12.6. The van der Waals surface area contributed by atoms with Gasteiger partial charge in [0, 0.05) is 18.9 Å². The molecule has 0 spiro atoms. The van der Waals surface area contributed by atoms with Crippen molar-refractivity contribution >= 4 is 50.5 Å². The van der Waals surface area contributed by atoms with Crippen LogP contribution in [0.4, 0.5) is 28.4 Å². The van der Waals surface area contributed by atoms with Crippen molar-refractivity contribution in [2.75, 3.05) is 22.1 Å². The number of allylic oxidation sites excluding steroid dienone is 3. The number of anilines is 5. The third kappa shape index (κ3) is 5.21. The van der Waals surface area contributed by atoms with Crippen LogP contribution >= 0.6 is 0 Å². The third-order valence-electron chi connectivity index (χ3n) is 8.57. The molecule has 0 bridgehead atoms. The summed E-state index contributed by atoms with van der Waals surface area (Å²) in [6, 6.07) is 48.4. The summed E-state index contributed by atoms with van der Waals surface area (Å²) < 4.78 is 2.26. The Bertz CT molecular complexity index is 2170. The van der Waals surface area contributed by atoms with Crippen molar-refractivity contribution in [3.05, 3.63) is 175 Å². The molecule has 3 aromatic heterocycles. The Morgan fingerprint density at radius 1 is 0.604 bits per heavy atom. The van der Waals surface area contributed by atoms with E-state index in [1.165, 1.54) is 0 Å². The van der Waals surface area contributed by atoms with Gasteiger partial charge in [-0.2, -0.15) is 0 Å². The maximum absolute atomic E-state index is 5.50. The largest absolute Gasteiger partial charge is 0.374 e. The molecule has 0 aliphatic carbocycles. The second-order valence-electron chi connectivity index (χ2n) is 11.8. The quantitative estimate of drug-likeness (QED) is 0.183. The van der Waals surface area contributed by atoms with E-state index in [0.717, 1.165) is 61.9 Å².